The number of aryl methyl sites for hydroxylation is 1. The fraction of sp³-hybridized carbons (Fsp3) is 0.267. The molecule has 0 bridgehead atoms. The quantitative estimate of drug-likeness (QED) is 0.718. The van der Waals surface area contributed by atoms with Gasteiger partial charge in [0.25, 0.3) is 0 Å². The molecule has 21 heavy (non-hydrogen) atoms. The predicted molar refractivity (Wildman–Crippen MR) is 78.0 cm³/mol. The molecule has 0 aliphatic rings. The van der Waals surface area contributed by atoms with Crippen molar-refractivity contribution in [2.75, 3.05) is 0 Å². The highest BCUT2D eigenvalue weighted by atomic mass is 16.3. The van der Waals surface area contributed by atoms with Gasteiger partial charge in [-0.3, -0.25) is 4.79 Å². The van der Waals surface area contributed by atoms with Crippen molar-refractivity contribution in [3.63, 3.8) is 0 Å². The summed E-state index contributed by atoms with van der Waals surface area (Å²) in [5.74, 6) is -0.0352. The van der Waals surface area contributed by atoms with E-state index < -0.39 is 6.10 Å². The van der Waals surface area contributed by atoms with Gasteiger partial charge in [0.15, 0.2) is 5.78 Å². The lowest BCUT2D eigenvalue weighted by atomic mass is 10.1. The van der Waals surface area contributed by atoms with E-state index in [1.165, 1.54) is 4.68 Å². The largest absolute Gasteiger partial charge is 0.387 e. The molecule has 6 nitrogen and oxygen atoms in total. The number of aromatic amines is 1. The third-order valence-electron chi connectivity index (χ3n) is 3.46. The summed E-state index contributed by atoms with van der Waals surface area (Å²) in [6.07, 6.45) is 0.899. The first-order valence-corrected chi connectivity index (χ1v) is 6.75. The van der Waals surface area contributed by atoms with Gasteiger partial charge in [0.2, 0.25) is 0 Å². The van der Waals surface area contributed by atoms with Gasteiger partial charge in [0, 0.05) is 22.2 Å². The Morgan fingerprint density at radius 3 is 2.90 bits per heavy atom. The summed E-state index contributed by atoms with van der Waals surface area (Å²) < 4.78 is 1.45. The van der Waals surface area contributed by atoms with Crippen molar-refractivity contribution in [1.82, 2.24) is 20.0 Å². The van der Waals surface area contributed by atoms with E-state index in [4.69, 9.17) is 0 Å². The summed E-state index contributed by atoms with van der Waals surface area (Å²) in [5.41, 5.74) is 2.93. The molecule has 2 aromatic heterocycles. The number of nitrogens with one attached hydrogen (secondary N) is 1. The van der Waals surface area contributed by atoms with Crippen LogP contribution in [0.25, 0.3) is 10.9 Å². The lowest BCUT2D eigenvalue weighted by Gasteiger charge is -2.01. The van der Waals surface area contributed by atoms with Crippen LogP contribution in [0.2, 0.25) is 0 Å². The highest BCUT2D eigenvalue weighted by molar-refractivity contribution is 6.09. The van der Waals surface area contributed by atoms with E-state index in [1.54, 1.807) is 13.1 Å². The Morgan fingerprint density at radius 2 is 2.19 bits per heavy atom. The molecule has 0 aliphatic heterocycles. The highest BCUT2D eigenvalue weighted by Gasteiger charge is 2.17. The van der Waals surface area contributed by atoms with Crippen molar-refractivity contribution in [2.24, 2.45) is 0 Å². The van der Waals surface area contributed by atoms with Crippen LogP contribution >= 0.6 is 0 Å². The second-order valence-corrected chi connectivity index (χ2v) is 5.11. The van der Waals surface area contributed by atoms with E-state index >= 15 is 0 Å². The van der Waals surface area contributed by atoms with Crippen molar-refractivity contribution >= 4 is 16.7 Å². The van der Waals surface area contributed by atoms with Crippen LogP contribution < -0.4 is 0 Å². The van der Waals surface area contributed by atoms with Crippen molar-refractivity contribution in [3.05, 3.63) is 47.4 Å². The van der Waals surface area contributed by atoms with Gasteiger partial charge < -0.3 is 10.1 Å². The van der Waals surface area contributed by atoms with Crippen molar-refractivity contribution in [3.8, 4) is 0 Å². The van der Waals surface area contributed by atoms with Crippen molar-refractivity contribution in [1.29, 1.82) is 0 Å². The van der Waals surface area contributed by atoms with Crippen LogP contribution in [-0.4, -0.2) is 30.9 Å². The van der Waals surface area contributed by atoms with Gasteiger partial charge >= 0.3 is 0 Å². The fourth-order valence-corrected chi connectivity index (χ4v) is 2.44. The van der Waals surface area contributed by atoms with Crippen LogP contribution in [0.3, 0.4) is 0 Å². The first-order valence-electron chi connectivity index (χ1n) is 6.75. The maximum absolute atomic E-state index is 12.5. The fourth-order valence-electron chi connectivity index (χ4n) is 2.44. The SMILES string of the molecule is Cc1[nH]c2ccccc2c1C(=O)Cn1cc([C@@H](C)O)nn1. The Kier molecular flexibility index (Phi) is 3.31. The summed E-state index contributed by atoms with van der Waals surface area (Å²) in [5, 5.41) is 18.1. The maximum Gasteiger partial charge on any atom is 0.186 e. The predicted octanol–water partition coefficient (Wildman–Crippen LogP) is 2.00. The average molecular weight is 284 g/mol. The molecule has 6 heteroatoms. The number of H-pyrrole nitrogens is 1. The third kappa shape index (κ3) is 2.45. The van der Waals surface area contributed by atoms with Gasteiger partial charge in [-0.1, -0.05) is 23.4 Å². The molecule has 2 heterocycles. The van der Waals surface area contributed by atoms with Crippen LogP contribution in [0, 0.1) is 6.92 Å². The van der Waals surface area contributed by atoms with E-state index in [-0.39, 0.29) is 12.3 Å². The third-order valence-corrected chi connectivity index (χ3v) is 3.46. The molecule has 0 unspecified atom stereocenters. The molecule has 1 aromatic carbocycles. The number of aliphatic hydroxyl groups is 1. The van der Waals surface area contributed by atoms with Crippen LogP contribution in [0.1, 0.15) is 34.8 Å². The van der Waals surface area contributed by atoms with Gasteiger partial charge in [0.05, 0.1) is 12.3 Å². The van der Waals surface area contributed by atoms with Gasteiger partial charge in [-0.2, -0.15) is 0 Å². The molecule has 2 N–H and O–H groups in total. The molecule has 0 saturated carbocycles. The Balaban J connectivity index is 1.91. The number of rotatable bonds is 4. The summed E-state index contributed by atoms with van der Waals surface area (Å²) in [7, 11) is 0. The Bertz CT molecular complexity index is 801. The zero-order valence-corrected chi connectivity index (χ0v) is 11.9. The maximum atomic E-state index is 12.5. The van der Waals surface area contributed by atoms with E-state index in [0.717, 1.165) is 16.6 Å². The van der Waals surface area contributed by atoms with E-state index in [9.17, 15) is 9.90 Å². The molecule has 0 fully saturated rings. The minimum absolute atomic E-state index is 0.0352. The normalized spacial score (nSPS) is 12.7. The first-order chi connectivity index (χ1) is 10.1. The lowest BCUT2D eigenvalue weighted by molar-refractivity contribution is 0.0968. The zero-order chi connectivity index (χ0) is 15.0. The molecule has 0 radical (unpaired) electrons. The van der Waals surface area contributed by atoms with Gasteiger partial charge in [-0.15, -0.1) is 5.10 Å². The molecule has 0 amide bonds. The van der Waals surface area contributed by atoms with Crippen molar-refractivity contribution < 1.29 is 9.90 Å². The number of aromatic nitrogens is 4. The molecule has 3 rings (SSSR count). The number of Topliss-reactive ketones (excluding diaryl/α,β-unsaturated/α-hetero) is 1. The molecule has 3 aromatic rings. The minimum Gasteiger partial charge on any atom is -0.387 e. The number of benzene rings is 1. The first kappa shape index (κ1) is 13.5. The molecule has 0 aliphatic carbocycles. The zero-order valence-electron chi connectivity index (χ0n) is 11.9. The van der Waals surface area contributed by atoms with Gasteiger partial charge in [0.1, 0.15) is 12.2 Å². The molecular weight excluding hydrogens is 268 g/mol. The summed E-state index contributed by atoms with van der Waals surface area (Å²) in [6.45, 7) is 3.60. The summed E-state index contributed by atoms with van der Waals surface area (Å²) in [4.78, 5) is 15.7. The molecule has 0 saturated heterocycles. The van der Waals surface area contributed by atoms with Gasteiger partial charge in [-0.25, -0.2) is 4.68 Å². The number of carbonyl (C=O) groups excluding carboxylic acids is 1. The second-order valence-electron chi connectivity index (χ2n) is 5.11. The van der Waals surface area contributed by atoms with Crippen LogP contribution in [0.5, 0.6) is 0 Å². The number of para-hydroxylation sites is 1. The number of carbonyl (C=O) groups is 1. The second kappa shape index (κ2) is 5.14. The number of ketones is 1. The topological polar surface area (TPSA) is 83.8 Å². The smallest absolute Gasteiger partial charge is 0.186 e. The minimum atomic E-state index is -0.691. The number of nitrogens with zero attached hydrogens (tertiary/aromatic N) is 3. The molecular formula is C15H16N4O2. The van der Waals surface area contributed by atoms with Crippen LogP contribution in [-0.2, 0) is 6.54 Å². The monoisotopic (exact) mass is 284 g/mol. The number of fused-ring (bicyclic) bond motifs is 1. The Labute approximate surface area is 121 Å². The van der Waals surface area contributed by atoms with E-state index in [1.807, 2.05) is 31.2 Å². The van der Waals surface area contributed by atoms with E-state index in [0.29, 0.717) is 11.3 Å². The van der Waals surface area contributed by atoms with Crippen LogP contribution in [0.15, 0.2) is 30.5 Å². The van der Waals surface area contributed by atoms with E-state index in [2.05, 4.69) is 15.3 Å². The number of aliphatic hydroxyl groups excluding tert-OH is 1. The summed E-state index contributed by atoms with van der Waals surface area (Å²) in [6, 6.07) is 7.71. The van der Waals surface area contributed by atoms with Gasteiger partial charge in [-0.05, 0) is 19.9 Å². The Hall–Kier alpha value is -2.47. The summed E-state index contributed by atoms with van der Waals surface area (Å²) >= 11 is 0. The lowest BCUT2D eigenvalue weighted by Crippen LogP contribution is -2.11. The van der Waals surface area contributed by atoms with Crippen LogP contribution in [0.4, 0.5) is 0 Å². The Morgan fingerprint density at radius 1 is 1.43 bits per heavy atom. The number of hydrogen-bond acceptors (Lipinski definition) is 4. The molecule has 0 spiro atoms. The molecule has 1 atom stereocenters. The highest BCUT2D eigenvalue weighted by Crippen LogP contribution is 2.22. The average Bonchev–Trinajstić information content (AvgIpc) is 3.01. The number of hydrogen-bond donors (Lipinski definition) is 2. The molecule has 108 valence electrons. The van der Waals surface area contributed by atoms with Crippen molar-refractivity contribution in [2.45, 2.75) is 26.5 Å². The standard InChI is InChI=1S/C15H16N4O2/c1-9-15(11-5-3-4-6-12(11)16-9)14(21)8-19-7-13(10(2)20)17-18-19/h3-7,10,16,20H,8H2,1-2H3/t10-/m1/s1.